The van der Waals surface area contributed by atoms with E-state index in [0.717, 1.165) is 24.2 Å². The SMILES string of the molecule is CNC1CCc2c(OCc3cccnc3)cccc21. The van der Waals surface area contributed by atoms with Gasteiger partial charge in [0.1, 0.15) is 12.4 Å². The zero-order valence-corrected chi connectivity index (χ0v) is 11.1. The average molecular weight is 254 g/mol. The third kappa shape index (κ3) is 2.47. The highest BCUT2D eigenvalue weighted by Gasteiger charge is 2.23. The van der Waals surface area contributed by atoms with Crippen molar-refractivity contribution in [3.63, 3.8) is 0 Å². The van der Waals surface area contributed by atoms with E-state index in [-0.39, 0.29) is 0 Å². The first-order valence-corrected chi connectivity index (χ1v) is 6.69. The number of benzene rings is 1. The molecule has 1 unspecified atom stereocenters. The van der Waals surface area contributed by atoms with Crippen molar-refractivity contribution in [2.45, 2.75) is 25.5 Å². The van der Waals surface area contributed by atoms with Crippen LogP contribution in [-0.2, 0) is 13.0 Å². The highest BCUT2D eigenvalue weighted by atomic mass is 16.5. The molecule has 0 fully saturated rings. The van der Waals surface area contributed by atoms with Crippen molar-refractivity contribution in [1.29, 1.82) is 0 Å². The number of aromatic nitrogens is 1. The Balaban J connectivity index is 1.78. The lowest BCUT2D eigenvalue weighted by molar-refractivity contribution is 0.303. The normalized spacial score (nSPS) is 17.2. The van der Waals surface area contributed by atoms with Crippen molar-refractivity contribution < 1.29 is 4.74 Å². The standard InChI is InChI=1S/C16H18N2O/c1-17-15-8-7-14-13(15)5-2-6-16(14)19-11-12-4-3-9-18-10-12/h2-6,9-10,15,17H,7-8,11H2,1H3. The zero-order valence-electron chi connectivity index (χ0n) is 11.1. The molecular weight excluding hydrogens is 236 g/mol. The summed E-state index contributed by atoms with van der Waals surface area (Å²) in [5, 5.41) is 3.36. The number of pyridine rings is 1. The van der Waals surface area contributed by atoms with Gasteiger partial charge >= 0.3 is 0 Å². The van der Waals surface area contributed by atoms with Gasteiger partial charge in [-0.05, 0) is 43.1 Å². The van der Waals surface area contributed by atoms with Gasteiger partial charge in [0.05, 0.1) is 0 Å². The molecule has 0 radical (unpaired) electrons. The van der Waals surface area contributed by atoms with Crippen molar-refractivity contribution in [1.82, 2.24) is 10.3 Å². The molecule has 1 aliphatic carbocycles. The molecule has 0 aliphatic heterocycles. The largest absolute Gasteiger partial charge is 0.489 e. The first kappa shape index (κ1) is 12.2. The third-order valence-corrected chi connectivity index (χ3v) is 3.69. The molecule has 19 heavy (non-hydrogen) atoms. The van der Waals surface area contributed by atoms with Crippen LogP contribution >= 0.6 is 0 Å². The van der Waals surface area contributed by atoms with E-state index in [2.05, 4.69) is 28.5 Å². The Bertz CT molecular complexity index is 554. The lowest BCUT2D eigenvalue weighted by Gasteiger charge is -2.13. The van der Waals surface area contributed by atoms with E-state index < -0.39 is 0 Å². The lowest BCUT2D eigenvalue weighted by Crippen LogP contribution is -2.12. The first-order chi connectivity index (χ1) is 9.38. The maximum absolute atomic E-state index is 5.96. The summed E-state index contributed by atoms with van der Waals surface area (Å²) in [5.41, 5.74) is 3.83. The van der Waals surface area contributed by atoms with Crippen LogP contribution in [0.15, 0.2) is 42.7 Å². The number of rotatable bonds is 4. The van der Waals surface area contributed by atoms with Gasteiger partial charge in [-0.15, -0.1) is 0 Å². The number of hydrogen-bond acceptors (Lipinski definition) is 3. The van der Waals surface area contributed by atoms with E-state index in [1.807, 2.05) is 25.4 Å². The highest BCUT2D eigenvalue weighted by molar-refractivity contribution is 5.45. The Morgan fingerprint density at radius 1 is 1.32 bits per heavy atom. The predicted molar refractivity (Wildman–Crippen MR) is 75.1 cm³/mol. The molecule has 1 N–H and O–H groups in total. The van der Waals surface area contributed by atoms with Crippen LogP contribution in [-0.4, -0.2) is 12.0 Å². The molecule has 2 aromatic rings. The second-order valence-corrected chi connectivity index (χ2v) is 4.85. The highest BCUT2D eigenvalue weighted by Crippen LogP contribution is 2.36. The van der Waals surface area contributed by atoms with Crippen LogP contribution in [0.1, 0.15) is 29.2 Å². The minimum absolute atomic E-state index is 0.469. The van der Waals surface area contributed by atoms with Gasteiger partial charge in [0.25, 0.3) is 0 Å². The van der Waals surface area contributed by atoms with Crippen LogP contribution in [0.5, 0.6) is 5.75 Å². The van der Waals surface area contributed by atoms with Crippen molar-refractivity contribution in [3.8, 4) is 5.75 Å². The lowest BCUT2D eigenvalue weighted by atomic mass is 10.1. The van der Waals surface area contributed by atoms with E-state index >= 15 is 0 Å². The molecule has 3 heteroatoms. The summed E-state index contributed by atoms with van der Waals surface area (Å²) >= 11 is 0. The average Bonchev–Trinajstić information content (AvgIpc) is 2.90. The topological polar surface area (TPSA) is 34.1 Å². The van der Waals surface area contributed by atoms with Crippen molar-refractivity contribution in [3.05, 3.63) is 59.4 Å². The number of nitrogens with zero attached hydrogens (tertiary/aromatic N) is 1. The zero-order chi connectivity index (χ0) is 13.1. The molecule has 1 aliphatic rings. The van der Waals surface area contributed by atoms with Gasteiger partial charge in [0, 0.05) is 24.0 Å². The molecule has 0 spiro atoms. The van der Waals surface area contributed by atoms with Crippen molar-refractivity contribution in [2.75, 3.05) is 7.05 Å². The first-order valence-electron chi connectivity index (χ1n) is 6.69. The fraction of sp³-hybridized carbons (Fsp3) is 0.312. The molecule has 0 saturated heterocycles. The monoisotopic (exact) mass is 254 g/mol. The molecular formula is C16H18N2O. The summed E-state index contributed by atoms with van der Waals surface area (Å²) in [5.74, 6) is 1.01. The molecule has 3 nitrogen and oxygen atoms in total. The van der Waals surface area contributed by atoms with Crippen LogP contribution in [0.4, 0.5) is 0 Å². The molecule has 0 bridgehead atoms. The van der Waals surface area contributed by atoms with E-state index in [4.69, 9.17) is 4.74 Å². The van der Waals surface area contributed by atoms with E-state index in [1.165, 1.54) is 11.1 Å². The van der Waals surface area contributed by atoms with Gasteiger partial charge in [0.15, 0.2) is 0 Å². The van der Waals surface area contributed by atoms with E-state index in [0.29, 0.717) is 12.6 Å². The van der Waals surface area contributed by atoms with Gasteiger partial charge in [-0.2, -0.15) is 0 Å². The molecule has 3 rings (SSSR count). The van der Waals surface area contributed by atoms with E-state index in [1.54, 1.807) is 6.20 Å². The van der Waals surface area contributed by atoms with Crippen LogP contribution < -0.4 is 10.1 Å². The maximum Gasteiger partial charge on any atom is 0.123 e. The summed E-state index contributed by atoms with van der Waals surface area (Å²) in [6, 6.07) is 10.8. The van der Waals surface area contributed by atoms with Gasteiger partial charge in [-0.1, -0.05) is 18.2 Å². The molecule has 1 heterocycles. The maximum atomic E-state index is 5.96. The Kier molecular flexibility index (Phi) is 3.47. The van der Waals surface area contributed by atoms with Crippen molar-refractivity contribution >= 4 is 0 Å². The fourth-order valence-electron chi connectivity index (χ4n) is 2.70. The second kappa shape index (κ2) is 5.41. The van der Waals surface area contributed by atoms with Crippen LogP contribution in [0.2, 0.25) is 0 Å². The predicted octanol–water partition coefficient (Wildman–Crippen LogP) is 2.87. The quantitative estimate of drug-likeness (QED) is 0.911. The molecule has 1 aromatic carbocycles. The molecule has 0 saturated carbocycles. The third-order valence-electron chi connectivity index (χ3n) is 3.69. The van der Waals surface area contributed by atoms with Gasteiger partial charge < -0.3 is 10.1 Å². The summed E-state index contributed by atoms with van der Waals surface area (Å²) in [7, 11) is 2.02. The smallest absolute Gasteiger partial charge is 0.123 e. The molecule has 1 aromatic heterocycles. The van der Waals surface area contributed by atoms with Gasteiger partial charge in [-0.3, -0.25) is 4.98 Å². The number of ether oxygens (including phenoxy) is 1. The molecule has 98 valence electrons. The van der Waals surface area contributed by atoms with Crippen LogP contribution in [0, 0.1) is 0 Å². The summed E-state index contributed by atoms with van der Waals surface area (Å²) in [6.45, 7) is 0.578. The molecule has 1 atom stereocenters. The Morgan fingerprint density at radius 2 is 2.26 bits per heavy atom. The van der Waals surface area contributed by atoms with Gasteiger partial charge in [-0.25, -0.2) is 0 Å². The summed E-state index contributed by atoms with van der Waals surface area (Å²) < 4.78 is 5.96. The van der Waals surface area contributed by atoms with Crippen LogP contribution in [0.3, 0.4) is 0 Å². The minimum atomic E-state index is 0.469. The summed E-state index contributed by atoms with van der Waals surface area (Å²) in [6.07, 6.45) is 5.87. The van der Waals surface area contributed by atoms with Crippen LogP contribution in [0.25, 0.3) is 0 Å². The Labute approximate surface area is 113 Å². The Morgan fingerprint density at radius 3 is 3.05 bits per heavy atom. The number of hydrogen-bond donors (Lipinski definition) is 1. The number of fused-ring (bicyclic) bond motifs is 1. The fourth-order valence-corrected chi connectivity index (χ4v) is 2.70. The summed E-state index contributed by atoms with van der Waals surface area (Å²) in [4.78, 5) is 4.10. The van der Waals surface area contributed by atoms with Crippen molar-refractivity contribution in [2.24, 2.45) is 0 Å². The van der Waals surface area contributed by atoms with E-state index in [9.17, 15) is 0 Å². The second-order valence-electron chi connectivity index (χ2n) is 4.85. The minimum Gasteiger partial charge on any atom is -0.489 e. The Hall–Kier alpha value is -1.87. The molecule has 0 amide bonds. The number of nitrogens with one attached hydrogen (secondary N) is 1. The van der Waals surface area contributed by atoms with Gasteiger partial charge in [0.2, 0.25) is 0 Å².